The SMILES string of the molecule is Cc1ccccc1Nc1nnc(COc2ccc(C(=O)c3cccc(Cl)c3)cc2C)o1. The van der Waals surface area contributed by atoms with Gasteiger partial charge in [-0.1, -0.05) is 47.0 Å². The third kappa shape index (κ3) is 4.92. The standard InChI is InChI=1S/C24H20ClN3O3/c1-15-6-3-4-9-20(15)26-24-28-27-22(31-24)14-30-21-11-10-18(12-16(21)2)23(29)17-7-5-8-19(25)13-17/h3-13H,14H2,1-2H3,(H,26,28). The molecule has 1 heterocycles. The first-order valence-corrected chi connectivity index (χ1v) is 10.1. The molecular weight excluding hydrogens is 414 g/mol. The van der Waals surface area contributed by atoms with E-state index in [1.54, 1.807) is 42.5 Å². The van der Waals surface area contributed by atoms with Gasteiger partial charge in [0.1, 0.15) is 5.75 Å². The van der Waals surface area contributed by atoms with E-state index in [-0.39, 0.29) is 12.4 Å². The molecule has 1 N–H and O–H groups in total. The second-order valence-electron chi connectivity index (χ2n) is 7.05. The third-order valence-corrected chi connectivity index (χ3v) is 4.96. The highest BCUT2D eigenvalue weighted by molar-refractivity contribution is 6.31. The average Bonchev–Trinajstić information content (AvgIpc) is 3.21. The predicted molar refractivity (Wildman–Crippen MR) is 119 cm³/mol. The lowest BCUT2D eigenvalue weighted by atomic mass is 10.0. The third-order valence-electron chi connectivity index (χ3n) is 4.73. The van der Waals surface area contributed by atoms with Crippen LogP contribution in [0.15, 0.2) is 71.1 Å². The summed E-state index contributed by atoms with van der Waals surface area (Å²) in [4.78, 5) is 12.7. The van der Waals surface area contributed by atoms with Crippen LogP contribution in [0.3, 0.4) is 0 Å². The zero-order valence-corrected chi connectivity index (χ0v) is 17.8. The van der Waals surface area contributed by atoms with Crippen LogP contribution in [-0.2, 0) is 6.61 Å². The minimum atomic E-state index is -0.0963. The summed E-state index contributed by atoms with van der Waals surface area (Å²) < 4.78 is 11.4. The van der Waals surface area contributed by atoms with E-state index in [0.29, 0.717) is 33.8 Å². The Hall–Kier alpha value is -3.64. The molecular formula is C24H20ClN3O3. The number of hydrogen-bond acceptors (Lipinski definition) is 6. The van der Waals surface area contributed by atoms with Crippen molar-refractivity contribution in [3.8, 4) is 5.75 Å². The van der Waals surface area contributed by atoms with E-state index < -0.39 is 0 Å². The van der Waals surface area contributed by atoms with Gasteiger partial charge in [0.15, 0.2) is 12.4 Å². The Kier molecular flexibility index (Phi) is 6.00. The van der Waals surface area contributed by atoms with Gasteiger partial charge in [-0.05, 0) is 61.4 Å². The van der Waals surface area contributed by atoms with E-state index in [1.807, 2.05) is 38.1 Å². The van der Waals surface area contributed by atoms with Crippen LogP contribution in [0, 0.1) is 13.8 Å². The molecule has 0 aliphatic rings. The van der Waals surface area contributed by atoms with E-state index in [0.717, 1.165) is 16.8 Å². The van der Waals surface area contributed by atoms with Crippen molar-refractivity contribution in [2.75, 3.05) is 5.32 Å². The predicted octanol–water partition coefficient (Wildman–Crippen LogP) is 5.89. The summed E-state index contributed by atoms with van der Waals surface area (Å²) >= 11 is 5.99. The molecule has 0 unspecified atom stereocenters. The summed E-state index contributed by atoms with van der Waals surface area (Å²) in [5, 5.41) is 11.6. The molecule has 156 valence electrons. The Balaban J connectivity index is 1.41. The number of benzene rings is 3. The van der Waals surface area contributed by atoms with E-state index in [4.69, 9.17) is 20.8 Å². The molecule has 0 fully saturated rings. The fourth-order valence-corrected chi connectivity index (χ4v) is 3.27. The first-order valence-electron chi connectivity index (χ1n) is 9.68. The Morgan fingerprint density at radius 1 is 0.968 bits per heavy atom. The first kappa shape index (κ1) is 20.6. The van der Waals surface area contributed by atoms with Crippen LogP contribution in [0.5, 0.6) is 5.75 Å². The minimum absolute atomic E-state index is 0.0963. The highest BCUT2D eigenvalue weighted by Crippen LogP contribution is 2.24. The number of nitrogens with one attached hydrogen (secondary N) is 1. The molecule has 0 saturated carbocycles. The number of anilines is 2. The Morgan fingerprint density at radius 3 is 2.55 bits per heavy atom. The Bertz CT molecular complexity index is 1240. The molecule has 0 spiro atoms. The first-order chi connectivity index (χ1) is 15.0. The number of carbonyl (C=O) groups is 1. The van der Waals surface area contributed by atoms with Crippen molar-refractivity contribution in [2.24, 2.45) is 0 Å². The number of carbonyl (C=O) groups excluding carboxylic acids is 1. The van der Waals surface area contributed by atoms with Crippen molar-refractivity contribution >= 4 is 29.1 Å². The zero-order valence-electron chi connectivity index (χ0n) is 17.1. The topological polar surface area (TPSA) is 77.3 Å². The monoisotopic (exact) mass is 433 g/mol. The number of hydrogen-bond donors (Lipinski definition) is 1. The molecule has 1 aromatic heterocycles. The molecule has 31 heavy (non-hydrogen) atoms. The van der Waals surface area contributed by atoms with E-state index in [9.17, 15) is 4.79 Å². The second kappa shape index (κ2) is 9.02. The molecule has 7 heteroatoms. The maximum absolute atomic E-state index is 12.7. The van der Waals surface area contributed by atoms with E-state index in [2.05, 4.69) is 15.5 Å². The summed E-state index contributed by atoms with van der Waals surface area (Å²) in [6.45, 7) is 3.99. The van der Waals surface area contributed by atoms with Crippen molar-refractivity contribution < 1.29 is 13.9 Å². The largest absolute Gasteiger partial charge is 0.484 e. The maximum atomic E-state index is 12.7. The molecule has 0 saturated heterocycles. The van der Waals surface area contributed by atoms with Crippen LogP contribution in [0.4, 0.5) is 11.7 Å². The minimum Gasteiger partial charge on any atom is -0.484 e. The van der Waals surface area contributed by atoms with E-state index >= 15 is 0 Å². The van der Waals surface area contributed by atoms with Gasteiger partial charge in [0, 0.05) is 21.8 Å². The van der Waals surface area contributed by atoms with Gasteiger partial charge >= 0.3 is 6.01 Å². The molecule has 4 aromatic rings. The van der Waals surface area contributed by atoms with Crippen molar-refractivity contribution in [1.82, 2.24) is 10.2 Å². The smallest absolute Gasteiger partial charge is 0.320 e. The van der Waals surface area contributed by atoms with Crippen LogP contribution < -0.4 is 10.1 Å². The number of para-hydroxylation sites is 1. The summed E-state index contributed by atoms with van der Waals surface area (Å²) in [5.74, 6) is 0.879. The summed E-state index contributed by atoms with van der Waals surface area (Å²) in [6, 6.07) is 20.3. The fraction of sp³-hybridized carbons (Fsp3) is 0.125. The number of ketones is 1. The zero-order chi connectivity index (χ0) is 21.8. The quantitative estimate of drug-likeness (QED) is 0.366. The van der Waals surface area contributed by atoms with Crippen LogP contribution in [-0.4, -0.2) is 16.0 Å². The maximum Gasteiger partial charge on any atom is 0.320 e. The molecule has 3 aromatic carbocycles. The number of rotatable bonds is 7. The lowest BCUT2D eigenvalue weighted by Gasteiger charge is -2.09. The molecule has 0 aliphatic heterocycles. The summed E-state index contributed by atoms with van der Waals surface area (Å²) in [5.41, 5.74) is 3.90. The fourth-order valence-electron chi connectivity index (χ4n) is 3.08. The van der Waals surface area contributed by atoms with Crippen LogP contribution >= 0.6 is 11.6 Å². The van der Waals surface area contributed by atoms with Crippen LogP contribution in [0.2, 0.25) is 5.02 Å². The number of aromatic nitrogens is 2. The average molecular weight is 434 g/mol. The Morgan fingerprint density at radius 2 is 1.77 bits per heavy atom. The van der Waals surface area contributed by atoms with Gasteiger partial charge < -0.3 is 14.5 Å². The van der Waals surface area contributed by atoms with Gasteiger partial charge in [-0.2, -0.15) is 0 Å². The normalized spacial score (nSPS) is 10.7. The lowest BCUT2D eigenvalue weighted by molar-refractivity contribution is 0.103. The molecule has 4 rings (SSSR count). The summed E-state index contributed by atoms with van der Waals surface area (Å²) in [7, 11) is 0. The van der Waals surface area contributed by atoms with Crippen LogP contribution in [0.1, 0.15) is 32.9 Å². The Labute approximate surface area is 184 Å². The van der Waals surface area contributed by atoms with Crippen molar-refractivity contribution in [3.05, 3.63) is 99.9 Å². The van der Waals surface area contributed by atoms with Gasteiger partial charge in [-0.25, -0.2) is 0 Å². The highest BCUT2D eigenvalue weighted by Gasteiger charge is 2.13. The van der Waals surface area contributed by atoms with Gasteiger partial charge in [0.25, 0.3) is 5.89 Å². The van der Waals surface area contributed by atoms with E-state index in [1.165, 1.54) is 0 Å². The van der Waals surface area contributed by atoms with Gasteiger partial charge in [-0.3, -0.25) is 4.79 Å². The molecule has 0 aliphatic carbocycles. The molecule has 0 radical (unpaired) electrons. The second-order valence-corrected chi connectivity index (χ2v) is 7.49. The number of ether oxygens (including phenoxy) is 1. The van der Waals surface area contributed by atoms with Crippen molar-refractivity contribution in [3.63, 3.8) is 0 Å². The van der Waals surface area contributed by atoms with Gasteiger partial charge in [-0.15, -0.1) is 5.10 Å². The lowest BCUT2D eigenvalue weighted by Crippen LogP contribution is -2.03. The van der Waals surface area contributed by atoms with Gasteiger partial charge in [0.05, 0.1) is 0 Å². The molecule has 0 amide bonds. The van der Waals surface area contributed by atoms with Crippen molar-refractivity contribution in [2.45, 2.75) is 20.5 Å². The van der Waals surface area contributed by atoms with Crippen molar-refractivity contribution in [1.29, 1.82) is 0 Å². The molecule has 0 bridgehead atoms. The number of aryl methyl sites for hydroxylation is 2. The summed E-state index contributed by atoms with van der Waals surface area (Å²) in [6.07, 6.45) is 0. The van der Waals surface area contributed by atoms with Crippen LogP contribution in [0.25, 0.3) is 0 Å². The van der Waals surface area contributed by atoms with Gasteiger partial charge in [0.2, 0.25) is 0 Å². The number of halogens is 1. The number of nitrogens with zero attached hydrogens (tertiary/aromatic N) is 2. The molecule has 0 atom stereocenters. The highest BCUT2D eigenvalue weighted by atomic mass is 35.5. The molecule has 6 nitrogen and oxygen atoms in total.